The Labute approximate surface area is 184 Å². The summed E-state index contributed by atoms with van der Waals surface area (Å²) < 4.78 is 6.70. The standard InChI is InChI=1S/C24H23BrN2O3/c25-20-8-6-19-15-22(9-7-18(19)14-20)30-16-23(28)26-21-10-12-27(13-11-21)24(29)17-4-2-1-3-5-17/h1-9,14-15,21H,10-13,16H2,(H,26,28). The Kier molecular flexibility index (Phi) is 6.33. The molecule has 30 heavy (non-hydrogen) atoms. The Balaban J connectivity index is 1.24. The van der Waals surface area contributed by atoms with E-state index in [-0.39, 0.29) is 24.5 Å². The van der Waals surface area contributed by atoms with Gasteiger partial charge in [0.2, 0.25) is 0 Å². The fourth-order valence-electron chi connectivity index (χ4n) is 3.69. The van der Waals surface area contributed by atoms with Gasteiger partial charge >= 0.3 is 0 Å². The van der Waals surface area contributed by atoms with Gasteiger partial charge in [0.15, 0.2) is 6.61 Å². The molecule has 0 saturated carbocycles. The second kappa shape index (κ2) is 9.30. The summed E-state index contributed by atoms with van der Waals surface area (Å²) in [7, 11) is 0. The molecule has 154 valence electrons. The number of hydrogen-bond donors (Lipinski definition) is 1. The highest BCUT2D eigenvalue weighted by Gasteiger charge is 2.24. The van der Waals surface area contributed by atoms with Gasteiger partial charge in [-0.2, -0.15) is 0 Å². The van der Waals surface area contributed by atoms with Crippen LogP contribution in [-0.2, 0) is 4.79 Å². The Morgan fingerprint density at radius 2 is 1.67 bits per heavy atom. The van der Waals surface area contributed by atoms with Crippen molar-refractivity contribution in [1.29, 1.82) is 0 Å². The summed E-state index contributed by atoms with van der Waals surface area (Å²) in [5, 5.41) is 5.20. The van der Waals surface area contributed by atoms with Crippen LogP contribution in [0.15, 0.2) is 71.2 Å². The lowest BCUT2D eigenvalue weighted by Crippen LogP contribution is -2.47. The van der Waals surface area contributed by atoms with Crippen LogP contribution in [-0.4, -0.2) is 42.5 Å². The highest BCUT2D eigenvalue weighted by Crippen LogP contribution is 2.24. The molecule has 0 spiro atoms. The smallest absolute Gasteiger partial charge is 0.258 e. The lowest BCUT2D eigenvalue weighted by molar-refractivity contribution is -0.124. The first-order valence-corrected chi connectivity index (χ1v) is 10.8. The average Bonchev–Trinajstić information content (AvgIpc) is 2.78. The molecule has 2 amide bonds. The SMILES string of the molecule is O=C(COc1ccc2cc(Br)ccc2c1)NC1CCN(C(=O)c2ccccc2)CC1. The number of rotatable bonds is 5. The van der Waals surface area contributed by atoms with E-state index in [2.05, 4.69) is 21.2 Å². The minimum Gasteiger partial charge on any atom is -0.484 e. The fraction of sp³-hybridized carbons (Fsp3) is 0.250. The lowest BCUT2D eigenvalue weighted by Gasteiger charge is -2.32. The van der Waals surface area contributed by atoms with E-state index in [1.54, 1.807) is 0 Å². The maximum atomic E-state index is 12.5. The molecule has 1 aliphatic rings. The summed E-state index contributed by atoms with van der Waals surface area (Å²) in [6.45, 7) is 1.25. The van der Waals surface area contributed by atoms with Gasteiger partial charge in [-0.3, -0.25) is 9.59 Å². The molecule has 0 unspecified atom stereocenters. The minimum absolute atomic E-state index is 0.0226. The van der Waals surface area contributed by atoms with Gasteiger partial charge in [0.1, 0.15) is 5.75 Å². The third kappa shape index (κ3) is 5.00. The molecule has 0 radical (unpaired) electrons. The number of piperidine rings is 1. The summed E-state index contributed by atoms with van der Waals surface area (Å²) >= 11 is 3.47. The average molecular weight is 467 g/mol. The monoisotopic (exact) mass is 466 g/mol. The highest BCUT2D eigenvalue weighted by atomic mass is 79.9. The number of halogens is 1. The van der Waals surface area contributed by atoms with Crippen LogP contribution in [0.1, 0.15) is 23.2 Å². The molecule has 0 aromatic heterocycles. The lowest BCUT2D eigenvalue weighted by atomic mass is 10.0. The fourth-order valence-corrected chi connectivity index (χ4v) is 4.07. The van der Waals surface area contributed by atoms with Gasteiger partial charge in [-0.1, -0.05) is 46.3 Å². The third-order valence-electron chi connectivity index (χ3n) is 5.31. The van der Waals surface area contributed by atoms with Gasteiger partial charge < -0.3 is 15.0 Å². The van der Waals surface area contributed by atoms with Crippen molar-refractivity contribution in [2.24, 2.45) is 0 Å². The number of fused-ring (bicyclic) bond motifs is 1. The number of carbonyl (C=O) groups is 2. The number of carbonyl (C=O) groups excluding carboxylic acids is 2. The molecule has 5 nitrogen and oxygen atoms in total. The first-order chi connectivity index (χ1) is 14.6. The molecular formula is C24H23BrN2O3. The predicted octanol–water partition coefficient (Wildman–Crippen LogP) is 4.40. The van der Waals surface area contributed by atoms with Gasteiger partial charge in [-0.05, 0) is 60.0 Å². The van der Waals surface area contributed by atoms with Crippen LogP contribution in [0.3, 0.4) is 0 Å². The third-order valence-corrected chi connectivity index (χ3v) is 5.80. The van der Waals surface area contributed by atoms with E-state index in [1.807, 2.05) is 71.6 Å². The topological polar surface area (TPSA) is 58.6 Å². The minimum atomic E-state index is -0.140. The Hall–Kier alpha value is -2.86. The number of amides is 2. The second-order valence-electron chi connectivity index (χ2n) is 7.44. The van der Waals surface area contributed by atoms with Crippen LogP contribution < -0.4 is 10.1 Å². The van der Waals surface area contributed by atoms with Crippen molar-refractivity contribution < 1.29 is 14.3 Å². The van der Waals surface area contributed by atoms with E-state index in [4.69, 9.17) is 4.74 Å². The normalized spacial score (nSPS) is 14.5. The van der Waals surface area contributed by atoms with E-state index in [1.165, 1.54) is 0 Å². The molecule has 0 bridgehead atoms. The molecule has 1 saturated heterocycles. The molecule has 1 N–H and O–H groups in total. The first kappa shape index (κ1) is 20.4. The predicted molar refractivity (Wildman–Crippen MR) is 121 cm³/mol. The number of nitrogens with one attached hydrogen (secondary N) is 1. The summed E-state index contributed by atoms with van der Waals surface area (Å²) in [5.74, 6) is 0.578. The summed E-state index contributed by atoms with van der Waals surface area (Å²) in [4.78, 5) is 26.7. The van der Waals surface area contributed by atoms with Crippen LogP contribution >= 0.6 is 15.9 Å². The molecule has 1 fully saturated rings. The molecule has 6 heteroatoms. The van der Waals surface area contributed by atoms with Crippen molar-refractivity contribution in [2.75, 3.05) is 19.7 Å². The number of nitrogens with zero attached hydrogens (tertiary/aromatic N) is 1. The largest absolute Gasteiger partial charge is 0.484 e. The van der Waals surface area contributed by atoms with Crippen LogP contribution in [0, 0.1) is 0 Å². The molecule has 1 heterocycles. The van der Waals surface area contributed by atoms with E-state index >= 15 is 0 Å². The number of ether oxygens (including phenoxy) is 1. The van der Waals surface area contributed by atoms with Crippen LogP contribution in [0.5, 0.6) is 5.75 Å². The van der Waals surface area contributed by atoms with E-state index in [0.717, 1.165) is 28.1 Å². The second-order valence-corrected chi connectivity index (χ2v) is 8.36. The van der Waals surface area contributed by atoms with Crippen molar-refractivity contribution in [3.05, 3.63) is 76.8 Å². The van der Waals surface area contributed by atoms with Gasteiger partial charge in [-0.25, -0.2) is 0 Å². The van der Waals surface area contributed by atoms with E-state index in [9.17, 15) is 9.59 Å². The highest BCUT2D eigenvalue weighted by molar-refractivity contribution is 9.10. The van der Waals surface area contributed by atoms with Crippen LogP contribution in [0.25, 0.3) is 10.8 Å². The number of likely N-dealkylation sites (tertiary alicyclic amines) is 1. The van der Waals surface area contributed by atoms with Crippen LogP contribution in [0.4, 0.5) is 0 Å². The summed E-state index contributed by atoms with van der Waals surface area (Å²) in [6.07, 6.45) is 1.49. The Morgan fingerprint density at radius 1 is 0.967 bits per heavy atom. The quantitative estimate of drug-likeness (QED) is 0.605. The maximum absolute atomic E-state index is 12.5. The molecular weight excluding hydrogens is 444 g/mol. The molecule has 4 rings (SSSR count). The van der Waals surface area contributed by atoms with Crippen LogP contribution in [0.2, 0.25) is 0 Å². The van der Waals surface area contributed by atoms with Crippen molar-refractivity contribution in [1.82, 2.24) is 10.2 Å². The molecule has 3 aromatic carbocycles. The Morgan fingerprint density at radius 3 is 2.43 bits per heavy atom. The van der Waals surface area contributed by atoms with Crippen molar-refractivity contribution in [2.45, 2.75) is 18.9 Å². The molecule has 1 aliphatic heterocycles. The molecule has 0 aliphatic carbocycles. The number of benzene rings is 3. The van der Waals surface area contributed by atoms with Crippen molar-refractivity contribution in [3.63, 3.8) is 0 Å². The molecule has 0 atom stereocenters. The molecule has 3 aromatic rings. The summed E-state index contributed by atoms with van der Waals surface area (Å²) in [6, 6.07) is 21.2. The van der Waals surface area contributed by atoms with Gasteiger partial charge in [-0.15, -0.1) is 0 Å². The number of hydrogen-bond acceptors (Lipinski definition) is 3. The van der Waals surface area contributed by atoms with Crippen molar-refractivity contribution >= 4 is 38.5 Å². The van der Waals surface area contributed by atoms with E-state index < -0.39 is 0 Å². The zero-order valence-electron chi connectivity index (χ0n) is 16.5. The van der Waals surface area contributed by atoms with Gasteiger partial charge in [0, 0.05) is 29.2 Å². The maximum Gasteiger partial charge on any atom is 0.258 e. The zero-order valence-corrected chi connectivity index (χ0v) is 18.1. The van der Waals surface area contributed by atoms with Gasteiger partial charge in [0.25, 0.3) is 11.8 Å². The van der Waals surface area contributed by atoms with Gasteiger partial charge in [0.05, 0.1) is 0 Å². The van der Waals surface area contributed by atoms with E-state index in [0.29, 0.717) is 24.4 Å². The Bertz CT molecular complexity index is 1050. The zero-order chi connectivity index (χ0) is 20.9. The van der Waals surface area contributed by atoms with Crippen molar-refractivity contribution in [3.8, 4) is 5.75 Å². The summed E-state index contributed by atoms with van der Waals surface area (Å²) in [5.41, 5.74) is 0.705. The first-order valence-electron chi connectivity index (χ1n) is 10.0.